The summed E-state index contributed by atoms with van der Waals surface area (Å²) in [5, 5.41) is 18.4. The van der Waals surface area contributed by atoms with Crippen molar-refractivity contribution in [3.63, 3.8) is 0 Å². The van der Waals surface area contributed by atoms with E-state index in [1.54, 1.807) is 6.07 Å². The number of aliphatic imine (C=N–C) groups is 1. The topological polar surface area (TPSA) is 78.4 Å². The molecule has 0 radical (unpaired) electrons. The molecule has 5 heteroatoms. The van der Waals surface area contributed by atoms with Crippen molar-refractivity contribution in [3.8, 4) is 29.1 Å². The van der Waals surface area contributed by atoms with E-state index in [2.05, 4.69) is 11.1 Å². The molecule has 3 aliphatic heterocycles. The predicted molar refractivity (Wildman–Crippen MR) is 104 cm³/mol. The number of rotatable bonds is 1. The summed E-state index contributed by atoms with van der Waals surface area (Å²) in [5.41, 5.74) is 3.76. The van der Waals surface area contributed by atoms with E-state index in [0.717, 1.165) is 47.6 Å². The van der Waals surface area contributed by atoms with Crippen LogP contribution in [0.25, 0.3) is 11.1 Å². The first-order chi connectivity index (χ1) is 13.7. The number of nitrogens with zero attached hydrogens (tertiary/aromatic N) is 3. The zero-order valence-corrected chi connectivity index (χ0v) is 15.4. The van der Waals surface area contributed by atoms with E-state index in [0.29, 0.717) is 17.9 Å². The molecule has 1 aliphatic carbocycles. The van der Waals surface area contributed by atoms with Crippen molar-refractivity contribution in [3.05, 3.63) is 53.6 Å². The highest BCUT2D eigenvalue weighted by atomic mass is 16.6. The Morgan fingerprint density at radius 3 is 2.68 bits per heavy atom. The molecular formula is C23H19N3O2. The lowest BCUT2D eigenvalue weighted by atomic mass is 9.69. The molecule has 0 aromatic heterocycles. The van der Waals surface area contributed by atoms with E-state index in [-0.39, 0.29) is 6.10 Å². The third kappa shape index (κ3) is 2.68. The van der Waals surface area contributed by atoms with E-state index in [9.17, 15) is 5.26 Å². The monoisotopic (exact) mass is 369 g/mol. The minimum absolute atomic E-state index is 0.0570. The van der Waals surface area contributed by atoms with E-state index in [4.69, 9.17) is 14.7 Å². The van der Waals surface area contributed by atoms with Crippen LogP contribution in [0.2, 0.25) is 0 Å². The second-order valence-electron chi connectivity index (χ2n) is 7.88. The van der Waals surface area contributed by atoms with Crippen LogP contribution in [0, 0.1) is 28.7 Å². The minimum Gasteiger partial charge on any atom is -0.483 e. The van der Waals surface area contributed by atoms with Crippen LogP contribution in [0.4, 0.5) is 0 Å². The Bertz CT molecular complexity index is 1050. The summed E-state index contributed by atoms with van der Waals surface area (Å²) in [6, 6.07) is 15.6. The number of benzene rings is 2. The van der Waals surface area contributed by atoms with Crippen LogP contribution in [0.5, 0.6) is 5.75 Å². The van der Waals surface area contributed by atoms with Crippen molar-refractivity contribution in [2.75, 3.05) is 6.61 Å². The van der Waals surface area contributed by atoms with Gasteiger partial charge in [0.1, 0.15) is 11.4 Å². The van der Waals surface area contributed by atoms with Crippen molar-refractivity contribution in [2.45, 2.75) is 37.4 Å². The zero-order valence-electron chi connectivity index (χ0n) is 15.4. The van der Waals surface area contributed by atoms with E-state index in [1.165, 1.54) is 6.42 Å². The molecule has 3 fully saturated rings. The Hall–Kier alpha value is -3.15. The molecule has 5 nitrogen and oxygen atoms in total. The molecule has 6 rings (SSSR count). The fourth-order valence-corrected chi connectivity index (χ4v) is 4.88. The molecule has 138 valence electrons. The van der Waals surface area contributed by atoms with Gasteiger partial charge in [-0.3, -0.25) is 0 Å². The van der Waals surface area contributed by atoms with E-state index >= 15 is 0 Å². The second-order valence-corrected chi connectivity index (χ2v) is 7.88. The lowest BCUT2D eigenvalue weighted by Crippen LogP contribution is -2.60. The first kappa shape index (κ1) is 17.0. The van der Waals surface area contributed by atoms with Crippen LogP contribution in [-0.4, -0.2) is 24.0 Å². The summed E-state index contributed by atoms with van der Waals surface area (Å²) >= 11 is 0. The standard InChI is InChI=1S/C23H19N3O2/c24-12-15-2-1-3-17(8-15)18-5-6-21-19(9-18)20(26-14-25)11-23(28-21)10-16-4-7-22(23)27-13-16/h1-3,5-6,8-9,16,22H,4,7,10-11,13H2. The summed E-state index contributed by atoms with van der Waals surface area (Å²) in [6.45, 7) is 0.807. The van der Waals surface area contributed by atoms with Gasteiger partial charge in [-0.05, 0) is 60.6 Å². The van der Waals surface area contributed by atoms with Gasteiger partial charge in [-0.2, -0.15) is 15.5 Å². The summed E-state index contributed by atoms with van der Waals surface area (Å²) in [5.74, 6) is 1.28. The van der Waals surface area contributed by atoms with Crippen LogP contribution in [0.3, 0.4) is 0 Å². The van der Waals surface area contributed by atoms with Gasteiger partial charge in [-0.25, -0.2) is 0 Å². The molecule has 3 unspecified atom stereocenters. The van der Waals surface area contributed by atoms with Crippen molar-refractivity contribution in [1.82, 2.24) is 0 Å². The molecule has 2 saturated heterocycles. The van der Waals surface area contributed by atoms with Gasteiger partial charge in [0.25, 0.3) is 0 Å². The van der Waals surface area contributed by atoms with Crippen molar-refractivity contribution in [1.29, 1.82) is 10.5 Å². The maximum absolute atomic E-state index is 9.27. The number of hydrogen-bond donors (Lipinski definition) is 0. The third-order valence-corrected chi connectivity index (χ3v) is 6.17. The van der Waals surface area contributed by atoms with E-state index in [1.807, 2.05) is 42.6 Å². The fraction of sp³-hybridized carbons (Fsp3) is 0.348. The molecule has 4 aliphatic rings. The maximum Gasteiger partial charge on any atom is 0.205 e. The van der Waals surface area contributed by atoms with Gasteiger partial charge in [0, 0.05) is 12.0 Å². The number of fused-ring (bicyclic) bond motifs is 3. The Labute approximate surface area is 163 Å². The van der Waals surface area contributed by atoms with Crippen LogP contribution >= 0.6 is 0 Å². The molecular weight excluding hydrogens is 350 g/mol. The van der Waals surface area contributed by atoms with Crippen LogP contribution in [0.15, 0.2) is 47.5 Å². The molecule has 2 bridgehead atoms. The van der Waals surface area contributed by atoms with Gasteiger partial charge in [0.05, 0.1) is 30.1 Å². The van der Waals surface area contributed by atoms with Gasteiger partial charge >= 0.3 is 0 Å². The molecule has 28 heavy (non-hydrogen) atoms. The SMILES string of the molecule is N#CN=C1CC2(CC3CCC2OC3)Oc2ccc(-c3cccc(C#N)c3)cc21. The Morgan fingerprint density at radius 2 is 1.96 bits per heavy atom. The minimum atomic E-state index is -0.411. The molecule has 1 spiro atoms. The van der Waals surface area contributed by atoms with Gasteiger partial charge in [-0.15, -0.1) is 0 Å². The summed E-state index contributed by atoms with van der Waals surface area (Å²) in [4.78, 5) is 4.16. The van der Waals surface area contributed by atoms with Crippen molar-refractivity contribution in [2.24, 2.45) is 10.9 Å². The highest BCUT2D eigenvalue weighted by Crippen LogP contribution is 2.48. The van der Waals surface area contributed by atoms with Gasteiger partial charge in [0.15, 0.2) is 0 Å². The van der Waals surface area contributed by atoms with E-state index < -0.39 is 5.60 Å². The third-order valence-electron chi connectivity index (χ3n) is 6.17. The fourth-order valence-electron chi connectivity index (χ4n) is 4.88. The van der Waals surface area contributed by atoms with Gasteiger partial charge in [-0.1, -0.05) is 18.2 Å². The highest BCUT2D eigenvalue weighted by Gasteiger charge is 2.53. The Balaban J connectivity index is 1.57. The van der Waals surface area contributed by atoms with Gasteiger partial charge < -0.3 is 9.47 Å². The smallest absolute Gasteiger partial charge is 0.205 e. The molecule has 3 atom stereocenters. The number of hydrogen-bond acceptors (Lipinski definition) is 5. The first-order valence-corrected chi connectivity index (χ1v) is 9.62. The summed E-state index contributed by atoms with van der Waals surface area (Å²) < 4.78 is 12.6. The summed E-state index contributed by atoms with van der Waals surface area (Å²) in [6.07, 6.45) is 5.75. The predicted octanol–water partition coefficient (Wildman–Crippen LogP) is 4.22. The van der Waals surface area contributed by atoms with Gasteiger partial charge in [0.2, 0.25) is 6.19 Å². The lowest BCUT2D eigenvalue weighted by Gasteiger charge is -2.52. The first-order valence-electron chi connectivity index (χ1n) is 9.62. The lowest BCUT2D eigenvalue weighted by molar-refractivity contribution is -0.180. The average Bonchev–Trinajstić information content (AvgIpc) is 2.74. The van der Waals surface area contributed by atoms with Crippen molar-refractivity contribution < 1.29 is 9.47 Å². The normalized spacial score (nSPS) is 29.0. The average molecular weight is 369 g/mol. The maximum atomic E-state index is 9.27. The van der Waals surface area contributed by atoms with Crippen LogP contribution in [0.1, 0.15) is 36.8 Å². The van der Waals surface area contributed by atoms with Crippen LogP contribution in [-0.2, 0) is 4.74 Å². The van der Waals surface area contributed by atoms with Crippen molar-refractivity contribution >= 4 is 5.71 Å². The quantitative estimate of drug-likeness (QED) is 0.705. The molecule has 2 aromatic carbocycles. The molecule has 0 N–H and O–H groups in total. The number of nitriles is 2. The second kappa shape index (κ2) is 6.48. The number of ether oxygens (including phenoxy) is 2. The summed E-state index contributed by atoms with van der Waals surface area (Å²) in [7, 11) is 0. The molecule has 3 heterocycles. The zero-order chi connectivity index (χ0) is 19.1. The molecule has 1 saturated carbocycles. The molecule has 2 aromatic rings. The Morgan fingerprint density at radius 1 is 1.07 bits per heavy atom. The highest BCUT2D eigenvalue weighted by molar-refractivity contribution is 6.06. The van der Waals surface area contributed by atoms with Crippen LogP contribution < -0.4 is 4.74 Å². The Kier molecular flexibility index (Phi) is 3.93. The molecule has 0 amide bonds. The largest absolute Gasteiger partial charge is 0.483 e.